The number of alkyl halides is 2. The van der Waals surface area contributed by atoms with Crippen molar-refractivity contribution < 1.29 is 18.0 Å². The van der Waals surface area contributed by atoms with Gasteiger partial charge in [0.05, 0.1) is 30.0 Å². The second kappa shape index (κ2) is 7.66. The number of fused-ring (bicyclic) bond motifs is 1. The van der Waals surface area contributed by atoms with Gasteiger partial charge < -0.3 is 14.7 Å². The summed E-state index contributed by atoms with van der Waals surface area (Å²) >= 11 is 0. The van der Waals surface area contributed by atoms with Gasteiger partial charge >= 0.3 is 0 Å². The molecular weight excluding hydrogens is 395 g/mol. The van der Waals surface area contributed by atoms with Gasteiger partial charge in [0.1, 0.15) is 17.3 Å². The molecule has 0 aliphatic carbocycles. The second-order valence-corrected chi connectivity index (χ2v) is 6.90. The van der Waals surface area contributed by atoms with E-state index < -0.39 is 24.7 Å². The summed E-state index contributed by atoms with van der Waals surface area (Å²) in [5.74, 6) is -0.500. The minimum Gasteiger partial charge on any atom is -0.369 e. The van der Waals surface area contributed by atoms with Gasteiger partial charge in [-0.3, -0.25) is 4.79 Å². The van der Waals surface area contributed by atoms with Crippen molar-refractivity contribution in [2.75, 3.05) is 0 Å². The maximum Gasteiger partial charge on any atom is 0.256 e. The Labute approximate surface area is 169 Å². The van der Waals surface area contributed by atoms with E-state index >= 15 is 0 Å². The van der Waals surface area contributed by atoms with E-state index in [2.05, 4.69) is 9.97 Å². The molecule has 9 heteroatoms. The fourth-order valence-electron chi connectivity index (χ4n) is 3.51. The average molecular weight is 413 g/mol. The minimum atomic E-state index is -2.58. The lowest BCUT2D eigenvalue weighted by Crippen LogP contribution is -2.15. The topological polar surface area (TPSA) is 78.2 Å². The first kappa shape index (κ1) is 19.7. The summed E-state index contributed by atoms with van der Waals surface area (Å²) < 4.78 is 43.1. The number of benzene rings is 1. The van der Waals surface area contributed by atoms with Crippen LogP contribution in [0.4, 0.5) is 13.2 Å². The zero-order chi connectivity index (χ0) is 21.4. The van der Waals surface area contributed by atoms with Crippen molar-refractivity contribution in [3.63, 3.8) is 0 Å². The number of imidazole rings is 2. The molecule has 6 nitrogen and oxygen atoms in total. The van der Waals surface area contributed by atoms with Crippen LogP contribution in [0.15, 0.2) is 48.8 Å². The number of pyridine rings is 1. The lowest BCUT2D eigenvalue weighted by Gasteiger charge is -2.12. The third-order valence-electron chi connectivity index (χ3n) is 4.81. The number of halogens is 3. The van der Waals surface area contributed by atoms with Crippen LogP contribution in [0.3, 0.4) is 0 Å². The van der Waals surface area contributed by atoms with Gasteiger partial charge in [-0.05, 0) is 43.3 Å². The maximum absolute atomic E-state index is 13.4. The van der Waals surface area contributed by atoms with Crippen molar-refractivity contribution in [2.24, 2.45) is 5.73 Å². The van der Waals surface area contributed by atoms with Crippen molar-refractivity contribution in [1.82, 2.24) is 18.9 Å². The van der Waals surface area contributed by atoms with Crippen molar-refractivity contribution >= 4 is 11.6 Å². The first-order valence-corrected chi connectivity index (χ1v) is 9.19. The summed E-state index contributed by atoms with van der Waals surface area (Å²) in [7, 11) is 0. The van der Waals surface area contributed by atoms with Crippen molar-refractivity contribution in [1.29, 1.82) is 0 Å². The zero-order valence-electron chi connectivity index (χ0n) is 16.0. The fourth-order valence-corrected chi connectivity index (χ4v) is 3.51. The Hall–Kier alpha value is -3.62. The molecule has 1 amide bonds. The number of hydrogen-bond donors (Lipinski definition) is 1. The number of aromatic nitrogens is 4. The van der Waals surface area contributed by atoms with Crippen LogP contribution >= 0.6 is 0 Å². The number of primary amides is 1. The molecule has 0 radical (unpaired) electrons. The Morgan fingerprint density at radius 2 is 1.83 bits per heavy atom. The summed E-state index contributed by atoms with van der Waals surface area (Å²) in [6.07, 6.45) is 0.670. The molecule has 3 heterocycles. The number of nitrogens with zero attached hydrogens (tertiary/aromatic N) is 4. The molecule has 0 aliphatic rings. The Bertz CT molecular complexity index is 1230. The van der Waals surface area contributed by atoms with Crippen LogP contribution in [-0.4, -0.2) is 31.3 Å². The lowest BCUT2D eigenvalue weighted by atomic mass is 10.1. The third kappa shape index (κ3) is 3.66. The summed E-state index contributed by atoms with van der Waals surface area (Å²) in [5.41, 5.74) is 8.63. The normalized spacial score (nSPS) is 11.5. The van der Waals surface area contributed by atoms with Gasteiger partial charge in [-0.15, -0.1) is 0 Å². The summed E-state index contributed by atoms with van der Waals surface area (Å²) in [6, 6.07) is 9.18. The Kier molecular flexibility index (Phi) is 5.03. The van der Waals surface area contributed by atoms with Crippen LogP contribution in [-0.2, 0) is 17.8 Å². The molecule has 1 aromatic carbocycles. The van der Waals surface area contributed by atoms with Gasteiger partial charge in [-0.2, -0.15) is 0 Å². The molecule has 0 unspecified atom stereocenters. The van der Waals surface area contributed by atoms with Gasteiger partial charge in [0.15, 0.2) is 0 Å². The highest BCUT2D eigenvalue weighted by molar-refractivity contribution is 5.80. The SMILES string of the molecule is Cc1nc(-c2ccc(F)cc2)c(-c2ccc3ncc(CC(N)=O)n3c2)n1CC(F)F. The van der Waals surface area contributed by atoms with Gasteiger partial charge in [-0.25, -0.2) is 23.1 Å². The van der Waals surface area contributed by atoms with Crippen LogP contribution in [0.5, 0.6) is 0 Å². The highest BCUT2D eigenvalue weighted by Crippen LogP contribution is 2.34. The molecule has 154 valence electrons. The average Bonchev–Trinajstić information content (AvgIpc) is 3.22. The number of hydrogen-bond acceptors (Lipinski definition) is 3. The van der Waals surface area contributed by atoms with E-state index in [0.29, 0.717) is 39.7 Å². The molecule has 0 saturated heterocycles. The van der Waals surface area contributed by atoms with Crippen molar-refractivity contribution in [3.05, 3.63) is 66.1 Å². The number of aryl methyl sites for hydroxylation is 1. The maximum atomic E-state index is 13.4. The number of amides is 1. The molecule has 0 saturated carbocycles. The summed E-state index contributed by atoms with van der Waals surface area (Å²) in [6.45, 7) is 1.11. The number of carbonyl (C=O) groups excluding carboxylic acids is 1. The number of carbonyl (C=O) groups is 1. The van der Waals surface area contributed by atoms with Crippen LogP contribution in [0.25, 0.3) is 28.2 Å². The van der Waals surface area contributed by atoms with Crippen molar-refractivity contribution in [3.8, 4) is 22.5 Å². The molecule has 0 aliphatic heterocycles. The predicted octanol–water partition coefficient (Wildman–Crippen LogP) is 3.61. The van der Waals surface area contributed by atoms with E-state index in [4.69, 9.17) is 5.73 Å². The van der Waals surface area contributed by atoms with Gasteiger partial charge in [0, 0.05) is 23.5 Å². The van der Waals surface area contributed by atoms with E-state index in [1.54, 1.807) is 48.0 Å². The van der Waals surface area contributed by atoms with Gasteiger partial charge in [-0.1, -0.05) is 0 Å². The molecule has 30 heavy (non-hydrogen) atoms. The van der Waals surface area contributed by atoms with E-state index in [1.807, 2.05) is 0 Å². The molecule has 0 fully saturated rings. The summed E-state index contributed by atoms with van der Waals surface area (Å²) in [5, 5.41) is 0. The smallest absolute Gasteiger partial charge is 0.256 e. The predicted molar refractivity (Wildman–Crippen MR) is 105 cm³/mol. The largest absolute Gasteiger partial charge is 0.369 e. The van der Waals surface area contributed by atoms with Gasteiger partial charge in [0.25, 0.3) is 6.43 Å². The van der Waals surface area contributed by atoms with Crippen LogP contribution < -0.4 is 5.73 Å². The Morgan fingerprint density at radius 3 is 2.50 bits per heavy atom. The number of rotatable bonds is 6. The van der Waals surface area contributed by atoms with Crippen LogP contribution in [0.1, 0.15) is 11.5 Å². The minimum absolute atomic E-state index is 0.00916. The molecule has 3 aromatic heterocycles. The lowest BCUT2D eigenvalue weighted by molar-refractivity contribution is -0.117. The third-order valence-corrected chi connectivity index (χ3v) is 4.81. The molecule has 4 aromatic rings. The van der Waals surface area contributed by atoms with Gasteiger partial charge in [0.2, 0.25) is 5.91 Å². The molecule has 2 N–H and O–H groups in total. The molecule has 4 rings (SSSR count). The molecule has 0 spiro atoms. The van der Waals surface area contributed by atoms with Crippen LogP contribution in [0, 0.1) is 12.7 Å². The quantitative estimate of drug-likeness (QED) is 0.525. The Morgan fingerprint density at radius 1 is 1.13 bits per heavy atom. The van der Waals surface area contributed by atoms with E-state index in [1.165, 1.54) is 16.7 Å². The second-order valence-electron chi connectivity index (χ2n) is 6.90. The monoisotopic (exact) mass is 413 g/mol. The fraction of sp³-hybridized carbons (Fsp3) is 0.190. The molecule has 0 bridgehead atoms. The van der Waals surface area contributed by atoms with E-state index in [-0.39, 0.29) is 6.42 Å². The first-order valence-electron chi connectivity index (χ1n) is 9.19. The molecule has 0 atom stereocenters. The highest BCUT2D eigenvalue weighted by Gasteiger charge is 2.21. The standard InChI is InChI=1S/C21H18F3N5O/c1-12-27-20(13-2-5-15(22)6-3-13)21(28(12)11-17(23)24)14-4-7-19-26-9-16(8-18(25)30)29(19)10-14/h2-7,9-10,17H,8,11H2,1H3,(H2,25,30). The van der Waals surface area contributed by atoms with E-state index in [0.717, 1.165) is 0 Å². The summed E-state index contributed by atoms with van der Waals surface area (Å²) in [4.78, 5) is 20.1. The number of nitrogens with two attached hydrogens (primary N) is 1. The molecular formula is C21H18F3N5O. The van der Waals surface area contributed by atoms with Crippen molar-refractivity contribution in [2.45, 2.75) is 26.3 Å². The highest BCUT2D eigenvalue weighted by atomic mass is 19.3. The van der Waals surface area contributed by atoms with E-state index in [9.17, 15) is 18.0 Å². The zero-order valence-corrected chi connectivity index (χ0v) is 16.0. The Balaban J connectivity index is 1.93. The van der Waals surface area contributed by atoms with Crippen LogP contribution in [0.2, 0.25) is 0 Å². The first-order chi connectivity index (χ1) is 14.3.